The number of aryl methyl sites for hydroxylation is 1. The highest BCUT2D eigenvalue weighted by Gasteiger charge is 2.24. The van der Waals surface area contributed by atoms with Gasteiger partial charge in [0.25, 0.3) is 0 Å². The molecular formula is C18H23NO4. The molecule has 0 radical (unpaired) electrons. The molecule has 0 bridgehead atoms. The first-order chi connectivity index (χ1) is 11.0. The maximum Gasteiger partial charge on any atom is 0.303 e. The van der Waals surface area contributed by atoms with E-state index in [1.54, 1.807) is 17.0 Å². The standard InChI is InChI=1S/C18H23NO4/c1-13-2-4-15(5-3-13)16(20)6-7-17(21)19-10-8-14(9-11-19)12-18(22)23/h2-5,14H,6-12H2,1H3,(H,22,23). The molecule has 1 aromatic rings. The molecule has 124 valence electrons. The lowest BCUT2D eigenvalue weighted by Crippen LogP contribution is -2.39. The van der Waals surface area contributed by atoms with Gasteiger partial charge in [-0.1, -0.05) is 29.8 Å². The normalized spacial score (nSPS) is 15.4. The Balaban J connectivity index is 1.76. The van der Waals surface area contributed by atoms with Crippen LogP contribution in [0.25, 0.3) is 0 Å². The number of likely N-dealkylation sites (tertiary alicyclic amines) is 1. The molecular weight excluding hydrogens is 294 g/mol. The minimum absolute atomic E-state index is 0.0146. The summed E-state index contributed by atoms with van der Waals surface area (Å²) >= 11 is 0. The van der Waals surface area contributed by atoms with Crippen LogP contribution < -0.4 is 0 Å². The predicted molar refractivity (Wildman–Crippen MR) is 86.3 cm³/mol. The Hall–Kier alpha value is -2.17. The van der Waals surface area contributed by atoms with Crippen molar-refractivity contribution in [1.82, 2.24) is 4.90 Å². The first-order valence-corrected chi connectivity index (χ1v) is 8.05. The van der Waals surface area contributed by atoms with Crippen molar-refractivity contribution in [2.45, 2.75) is 39.0 Å². The van der Waals surface area contributed by atoms with E-state index in [-0.39, 0.29) is 36.9 Å². The van der Waals surface area contributed by atoms with E-state index in [9.17, 15) is 14.4 Å². The van der Waals surface area contributed by atoms with Gasteiger partial charge in [-0.2, -0.15) is 0 Å². The monoisotopic (exact) mass is 317 g/mol. The van der Waals surface area contributed by atoms with E-state index in [1.807, 2.05) is 19.1 Å². The molecule has 0 saturated carbocycles. The molecule has 1 aliphatic heterocycles. The van der Waals surface area contributed by atoms with Crippen LogP contribution >= 0.6 is 0 Å². The SMILES string of the molecule is Cc1ccc(C(=O)CCC(=O)N2CCC(CC(=O)O)CC2)cc1. The van der Waals surface area contributed by atoms with Crippen LogP contribution in [0.5, 0.6) is 0 Å². The van der Waals surface area contributed by atoms with Crippen LogP contribution in [0.15, 0.2) is 24.3 Å². The summed E-state index contributed by atoms with van der Waals surface area (Å²) in [4.78, 5) is 36.7. The molecule has 2 rings (SSSR count). The molecule has 1 amide bonds. The zero-order valence-electron chi connectivity index (χ0n) is 13.5. The first-order valence-electron chi connectivity index (χ1n) is 8.05. The number of amides is 1. The largest absolute Gasteiger partial charge is 0.481 e. The Labute approximate surface area is 136 Å². The highest BCUT2D eigenvalue weighted by atomic mass is 16.4. The van der Waals surface area contributed by atoms with E-state index in [0.717, 1.165) is 18.4 Å². The van der Waals surface area contributed by atoms with Crippen LogP contribution in [0.3, 0.4) is 0 Å². The fourth-order valence-electron chi connectivity index (χ4n) is 2.90. The number of aliphatic carboxylic acids is 1. The van der Waals surface area contributed by atoms with Gasteiger partial charge >= 0.3 is 5.97 Å². The number of hydrogen-bond donors (Lipinski definition) is 1. The minimum atomic E-state index is -0.779. The summed E-state index contributed by atoms with van der Waals surface area (Å²) in [6, 6.07) is 7.36. The molecule has 0 aliphatic carbocycles. The molecule has 1 aromatic carbocycles. The molecule has 5 nitrogen and oxygen atoms in total. The summed E-state index contributed by atoms with van der Waals surface area (Å²) in [5.74, 6) is -0.650. The smallest absolute Gasteiger partial charge is 0.303 e. The fourth-order valence-corrected chi connectivity index (χ4v) is 2.90. The van der Waals surface area contributed by atoms with E-state index in [1.165, 1.54) is 0 Å². The van der Waals surface area contributed by atoms with Gasteiger partial charge in [-0.05, 0) is 25.7 Å². The lowest BCUT2D eigenvalue weighted by Gasteiger charge is -2.31. The number of benzene rings is 1. The molecule has 1 aliphatic rings. The number of carbonyl (C=O) groups is 3. The Morgan fingerprint density at radius 3 is 2.26 bits per heavy atom. The van der Waals surface area contributed by atoms with Gasteiger partial charge < -0.3 is 10.0 Å². The number of hydrogen-bond acceptors (Lipinski definition) is 3. The van der Waals surface area contributed by atoms with Crippen molar-refractivity contribution >= 4 is 17.7 Å². The number of carboxylic acid groups (broad SMARTS) is 1. The quantitative estimate of drug-likeness (QED) is 0.819. The number of Topliss-reactive ketones (excluding diaryl/α,β-unsaturated/α-hetero) is 1. The summed E-state index contributed by atoms with van der Waals surface area (Å²) in [6.45, 7) is 3.15. The number of ketones is 1. The lowest BCUT2D eigenvalue weighted by atomic mass is 9.93. The molecule has 0 spiro atoms. The molecule has 1 N–H and O–H groups in total. The van der Waals surface area contributed by atoms with E-state index < -0.39 is 5.97 Å². The molecule has 1 heterocycles. The Morgan fingerprint density at radius 2 is 1.70 bits per heavy atom. The molecule has 1 saturated heterocycles. The predicted octanol–water partition coefficient (Wildman–Crippen LogP) is 2.67. The van der Waals surface area contributed by atoms with Crippen molar-refractivity contribution in [3.8, 4) is 0 Å². The average Bonchev–Trinajstić information content (AvgIpc) is 2.53. The molecule has 0 aromatic heterocycles. The summed E-state index contributed by atoms with van der Waals surface area (Å²) in [5.41, 5.74) is 1.74. The van der Waals surface area contributed by atoms with Gasteiger partial charge in [0.15, 0.2) is 5.78 Å². The van der Waals surface area contributed by atoms with Crippen molar-refractivity contribution in [3.05, 3.63) is 35.4 Å². The van der Waals surface area contributed by atoms with E-state index in [4.69, 9.17) is 5.11 Å². The number of carbonyl (C=O) groups excluding carboxylic acids is 2. The van der Waals surface area contributed by atoms with Crippen LogP contribution in [0.1, 0.15) is 48.0 Å². The zero-order valence-corrected chi connectivity index (χ0v) is 13.5. The van der Waals surface area contributed by atoms with Crippen molar-refractivity contribution in [1.29, 1.82) is 0 Å². The van der Waals surface area contributed by atoms with E-state index in [0.29, 0.717) is 18.7 Å². The van der Waals surface area contributed by atoms with Gasteiger partial charge in [0.2, 0.25) is 5.91 Å². The number of rotatable bonds is 6. The maximum atomic E-state index is 12.2. The van der Waals surface area contributed by atoms with Crippen LogP contribution in [0, 0.1) is 12.8 Å². The third-order valence-corrected chi connectivity index (χ3v) is 4.37. The second kappa shape index (κ2) is 7.90. The molecule has 0 unspecified atom stereocenters. The Bertz CT molecular complexity index is 571. The molecule has 0 atom stereocenters. The summed E-state index contributed by atoms with van der Waals surface area (Å²) in [5, 5.41) is 8.79. The zero-order chi connectivity index (χ0) is 16.8. The highest BCUT2D eigenvalue weighted by Crippen LogP contribution is 2.21. The molecule has 5 heteroatoms. The van der Waals surface area contributed by atoms with Crippen LogP contribution in [0.2, 0.25) is 0 Å². The van der Waals surface area contributed by atoms with Crippen molar-refractivity contribution in [3.63, 3.8) is 0 Å². The van der Waals surface area contributed by atoms with Gasteiger partial charge in [0.1, 0.15) is 0 Å². The van der Waals surface area contributed by atoms with Crippen molar-refractivity contribution < 1.29 is 19.5 Å². The lowest BCUT2D eigenvalue weighted by molar-refractivity contribution is -0.138. The average molecular weight is 317 g/mol. The second-order valence-corrected chi connectivity index (χ2v) is 6.21. The van der Waals surface area contributed by atoms with Gasteiger partial charge in [-0.15, -0.1) is 0 Å². The third kappa shape index (κ3) is 5.20. The minimum Gasteiger partial charge on any atom is -0.481 e. The van der Waals surface area contributed by atoms with Crippen molar-refractivity contribution in [2.24, 2.45) is 5.92 Å². The van der Waals surface area contributed by atoms with Crippen LogP contribution in [-0.2, 0) is 9.59 Å². The topological polar surface area (TPSA) is 74.7 Å². The fraction of sp³-hybridized carbons (Fsp3) is 0.500. The Morgan fingerprint density at radius 1 is 1.09 bits per heavy atom. The van der Waals surface area contributed by atoms with Gasteiger partial charge in [-0.3, -0.25) is 14.4 Å². The summed E-state index contributed by atoms with van der Waals surface area (Å²) in [6.07, 6.45) is 2.06. The molecule has 1 fully saturated rings. The van der Waals surface area contributed by atoms with Crippen LogP contribution in [-0.4, -0.2) is 40.8 Å². The van der Waals surface area contributed by atoms with Crippen LogP contribution in [0.4, 0.5) is 0 Å². The van der Waals surface area contributed by atoms with Gasteiger partial charge in [0, 0.05) is 37.9 Å². The van der Waals surface area contributed by atoms with E-state index in [2.05, 4.69) is 0 Å². The first kappa shape index (κ1) is 17.2. The van der Waals surface area contributed by atoms with E-state index >= 15 is 0 Å². The summed E-state index contributed by atoms with van der Waals surface area (Å²) < 4.78 is 0. The summed E-state index contributed by atoms with van der Waals surface area (Å²) in [7, 11) is 0. The maximum absolute atomic E-state index is 12.2. The van der Waals surface area contributed by atoms with Crippen molar-refractivity contribution in [2.75, 3.05) is 13.1 Å². The second-order valence-electron chi connectivity index (χ2n) is 6.21. The van der Waals surface area contributed by atoms with Gasteiger partial charge in [0.05, 0.1) is 0 Å². The Kier molecular flexibility index (Phi) is 5.90. The highest BCUT2D eigenvalue weighted by molar-refractivity contribution is 5.97. The number of nitrogens with zero attached hydrogens (tertiary/aromatic N) is 1. The molecule has 23 heavy (non-hydrogen) atoms. The number of carboxylic acids is 1. The van der Waals surface area contributed by atoms with Gasteiger partial charge in [-0.25, -0.2) is 0 Å². The number of piperidine rings is 1. The third-order valence-electron chi connectivity index (χ3n) is 4.37.